The topological polar surface area (TPSA) is 111 Å². The van der Waals surface area contributed by atoms with Gasteiger partial charge in [-0.1, -0.05) is 0 Å². The van der Waals surface area contributed by atoms with Crippen LogP contribution in [0.1, 0.15) is 16.2 Å². The zero-order valence-corrected chi connectivity index (χ0v) is 8.56. The van der Waals surface area contributed by atoms with Crippen molar-refractivity contribution < 1.29 is 20.3 Å². The average Bonchev–Trinajstić information content (AvgIpc) is 2.87. The molecule has 0 aliphatic carbocycles. The lowest BCUT2D eigenvalue weighted by Gasteiger charge is -1.91. The molecule has 0 bridgehead atoms. The van der Waals surface area contributed by atoms with E-state index < -0.39 is 5.97 Å². The molecule has 0 amide bonds. The summed E-state index contributed by atoms with van der Waals surface area (Å²) < 4.78 is 1.34. The van der Waals surface area contributed by atoms with Crippen LogP contribution in [0.2, 0.25) is 0 Å². The summed E-state index contributed by atoms with van der Waals surface area (Å²) in [5.74, 6) is -1.14. The number of carboxylic acid groups (broad SMARTS) is 1. The molecule has 0 aromatic carbocycles. The van der Waals surface area contributed by atoms with Crippen molar-refractivity contribution in [2.24, 2.45) is 0 Å². The summed E-state index contributed by atoms with van der Waals surface area (Å²) in [6.45, 7) is 0. The average molecular weight is 235 g/mol. The number of nitriles is 1. The van der Waals surface area contributed by atoms with Gasteiger partial charge in [0.1, 0.15) is 6.07 Å². The van der Waals surface area contributed by atoms with Gasteiger partial charge in [0.2, 0.25) is 0 Å². The minimum absolute atomic E-state index is 0.130. The van der Waals surface area contributed by atoms with E-state index in [4.69, 9.17) is 20.8 Å². The maximum absolute atomic E-state index is 10.1. The molecule has 88 valence electrons. The third-order valence-electron chi connectivity index (χ3n) is 1.79. The molecule has 2 aromatic heterocycles. The first kappa shape index (κ1) is 12.2. The standard InChI is InChI=1S/C5H4N2O.C5H5NO3/c6-4-5-2-1-3-7(5)8;7-5(8)4-2-1-3-6(4)9/h1-3,8H;1-3,9H,(H,7,8). The van der Waals surface area contributed by atoms with Crippen molar-refractivity contribution >= 4 is 5.97 Å². The summed E-state index contributed by atoms with van der Waals surface area (Å²) in [6, 6.07) is 7.67. The lowest BCUT2D eigenvalue weighted by molar-refractivity contribution is 0.0644. The number of aromatic nitrogens is 2. The molecule has 0 saturated heterocycles. The van der Waals surface area contributed by atoms with Crippen molar-refractivity contribution in [3.05, 3.63) is 48.0 Å². The predicted octanol–water partition coefficient (Wildman–Crippen LogP) is 1.02. The quantitative estimate of drug-likeness (QED) is 0.639. The van der Waals surface area contributed by atoms with E-state index in [1.54, 1.807) is 12.1 Å². The monoisotopic (exact) mass is 235 g/mol. The van der Waals surface area contributed by atoms with Crippen molar-refractivity contribution in [2.45, 2.75) is 0 Å². The Morgan fingerprint density at radius 1 is 1.18 bits per heavy atom. The highest BCUT2D eigenvalue weighted by molar-refractivity contribution is 5.85. The number of nitrogens with zero attached hydrogens (tertiary/aromatic N) is 3. The second kappa shape index (κ2) is 5.27. The molecule has 2 heterocycles. The van der Waals surface area contributed by atoms with E-state index in [-0.39, 0.29) is 11.4 Å². The molecule has 7 heteroatoms. The summed E-state index contributed by atoms with van der Waals surface area (Å²) >= 11 is 0. The Morgan fingerprint density at radius 3 is 2.00 bits per heavy atom. The lowest BCUT2D eigenvalue weighted by atomic mass is 10.4. The minimum atomic E-state index is -1.14. The Kier molecular flexibility index (Phi) is 3.78. The number of hydrogen-bond donors (Lipinski definition) is 3. The van der Waals surface area contributed by atoms with Crippen LogP contribution in [0.4, 0.5) is 0 Å². The van der Waals surface area contributed by atoms with Crippen LogP contribution in [0, 0.1) is 11.3 Å². The first-order valence-corrected chi connectivity index (χ1v) is 4.43. The molecule has 0 radical (unpaired) electrons. The molecule has 0 fully saturated rings. The molecule has 7 nitrogen and oxygen atoms in total. The fourth-order valence-electron chi connectivity index (χ4n) is 1.00. The summed E-state index contributed by atoms with van der Waals surface area (Å²) in [5.41, 5.74) is 0.125. The summed E-state index contributed by atoms with van der Waals surface area (Å²) in [4.78, 5) is 10.1. The number of rotatable bonds is 1. The zero-order chi connectivity index (χ0) is 12.8. The molecule has 2 rings (SSSR count). The smallest absolute Gasteiger partial charge is 0.355 e. The number of carbonyl (C=O) groups is 1. The number of hydrogen-bond acceptors (Lipinski definition) is 4. The zero-order valence-electron chi connectivity index (χ0n) is 8.56. The summed E-state index contributed by atoms with van der Waals surface area (Å²) in [5, 5.41) is 33.8. The Bertz CT molecular complexity index is 550. The maximum atomic E-state index is 10.1. The number of carboxylic acids is 1. The van der Waals surface area contributed by atoms with Gasteiger partial charge in [-0.05, 0) is 24.3 Å². The van der Waals surface area contributed by atoms with Gasteiger partial charge < -0.3 is 15.5 Å². The molecule has 0 atom stereocenters. The van der Waals surface area contributed by atoms with Crippen molar-refractivity contribution in [1.82, 2.24) is 9.46 Å². The molecular weight excluding hydrogens is 226 g/mol. The SMILES string of the molecule is N#Cc1cccn1O.O=C(O)c1cccn1O. The van der Waals surface area contributed by atoms with Gasteiger partial charge >= 0.3 is 5.97 Å². The van der Waals surface area contributed by atoms with Gasteiger partial charge in [-0.2, -0.15) is 14.7 Å². The van der Waals surface area contributed by atoms with Gasteiger partial charge in [-0.25, -0.2) is 4.79 Å². The third-order valence-corrected chi connectivity index (χ3v) is 1.79. The van der Waals surface area contributed by atoms with Gasteiger partial charge in [0.15, 0.2) is 11.4 Å². The van der Waals surface area contributed by atoms with E-state index in [1.165, 1.54) is 30.6 Å². The molecule has 2 aromatic rings. The predicted molar refractivity (Wildman–Crippen MR) is 54.9 cm³/mol. The highest BCUT2D eigenvalue weighted by Crippen LogP contribution is 1.97. The van der Waals surface area contributed by atoms with E-state index in [0.29, 0.717) is 4.73 Å². The van der Waals surface area contributed by atoms with E-state index in [1.807, 2.05) is 0 Å². The Hall–Kier alpha value is -2.88. The Balaban J connectivity index is 0.000000171. The van der Waals surface area contributed by atoms with Crippen LogP contribution in [0.5, 0.6) is 0 Å². The second-order valence-electron chi connectivity index (χ2n) is 2.89. The van der Waals surface area contributed by atoms with Crippen LogP contribution in [0.3, 0.4) is 0 Å². The molecule has 0 saturated carbocycles. The van der Waals surface area contributed by atoms with Gasteiger partial charge in [0.05, 0.1) is 0 Å². The van der Waals surface area contributed by atoms with Crippen molar-refractivity contribution in [3.8, 4) is 6.07 Å². The van der Waals surface area contributed by atoms with Crippen LogP contribution in [0.15, 0.2) is 36.7 Å². The third kappa shape index (κ3) is 3.04. The van der Waals surface area contributed by atoms with E-state index in [9.17, 15) is 4.79 Å². The summed E-state index contributed by atoms with van der Waals surface area (Å²) in [7, 11) is 0. The highest BCUT2D eigenvalue weighted by Gasteiger charge is 2.05. The van der Waals surface area contributed by atoms with Crippen LogP contribution >= 0.6 is 0 Å². The molecule has 0 aliphatic heterocycles. The van der Waals surface area contributed by atoms with Gasteiger partial charge in [0.25, 0.3) is 0 Å². The Morgan fingerprint density at radius 2 is 1.76 bits per heavy atom. The van der Waals surface area contributed by atoms with E-state index >= 15 is 0 Å². The number of aromatic carboxylic acids is 1. The fraction of sp³-hybridized carbons (Fsp3) is 0. The largest absolute Gasteiger partial charge is 0.476 e. The van der Waals surface area contributed by atoms with E-state index in [2.05, 4.69) is 0 Å². The van der Waals surface area contributed by atoms with E-state index in [0.717, 1.165) is 4.73 Å². The van der Waals surface area contributed by atoms with Gasteiger partial charge in [0, 0.05) is 12.4 Å². The first-order chi connectivity index (χ1) is 8.06. The lowest BCUT2D eigenvalue weighted by Crippen LogP contribution is -2.03. The normalized spacial score (nSPS) is 8.88. The Labute approximate surface area is 95.9 Å². The first-order valence-electron chi connectivity index (χ1n) is 4.43. The van der Waals surface area contributed by atoms with Gasteiger partial charge in [-0.3, -0.25) is 0 Å². The molecular formula is C10H9N3O4. The van der Waals surface area contributed by atoms with Crippen molar-refractivity contribution in [1.29, 1.82) is 5.26 Å². The van der Waals surface area contributed by atoms with Crippen molar-refractivity contribution in [3.63, 3.8) is 0 Å². The van der Waals surface area contributed by atoms with Crippen LogP contribution in [-0.4, -0.2) is 31.0 Å². The second-order valence-corrected chi connectivity index (χ2v) is 2.89. The highest BCUT2D eigenvalue weighted by atomic mass is 16.5. The summed E-state index contributed by atoms with van der Waals surface area (Å²) in [6.07, 6.45) is 2.65. The van der Waals surface area contributed by atoms with Crippen LogP contribution in [-0.2, 0) is 0 Å². The van der Waals surface area contributed by atoms with Crippen molar-refractivity contribution in [2.75, 3.05) is 0 Å². The molecule has 17 heavy (non-hydrogen) atoms. The molecule has 3 N–H and O–H groups in total. The van der Waals surface area contributed by atoms with Crippen LogP contribution in [0.25, 0.3) is 0 Å². The van der Waals surface area contributed by atoms with Gasteiger partial charge in [-0.15, -0.1) is 0 Å². The minimum Gasteiger partial charge on any atom is -0.476 e. The molecule has 0 spiro atoms. The molecule has 0 unspecified atom stereocenters. The maximum Gasteiger partial charge on any atom is 0.355 e. The molecule has 0 aliphatic rings. The fourth-order valence-corrected chi connectivity index (χ4v) is 1.00. The van der Waals surface area contributed by atoms with Crippen LogP contribution < -0.4 is 0 Å².